The maximum Gasteiger partial charge on any atom is 0.325 e. The molecule has 6 heteroatoms. The highest BCUT2D eigenvalue weighted by Crippen LogP contribution is 2.19. The number of carboxylic acid groups (broad SMARTS) is 1. The molecule has 0 fully saturated rings. The minimum absolute atomic E-state index is 0.587. The Balaban J connectivity index is 3.24. The first kappa shape index (κ1) is 10.5. The van der Waals surface area contributed by atoms with Crippen molar-refractivity contribution in [3.05, 3.63) is 35.1 Å². The number of hydrogen-bond donors (Lipinski definition) is 2. The van der Waals surface area contributed by atoms with Gasteiger partial charge in [0.1, 0.15) is 6.04 Å². The van der Waals surface area contributed by atoms with E-state index in [-0.39, 0.29) is 0 Å². The zero-order valence-electron chi connectivity index (χ0n) is 6.80. The molecular weight excluding hydrogens is 199 g/mol. The SMILES string of the molecule is N[C@H](C(=O)O)c1ccc(F)c(F)c1F. The minimum atomic E-state index is -1.72. The molecule has 0 aliphatic rings. The molecule has 1 aromatic rings. The van der Waals surface area contributed by atoms with Gasteiger partial charge >= 0.3 is 5.97 Å². The minimum Gasteiger partial charge on any atom is -0.480 e. The topological polar surface area (TPSA) is 63.3 Å². The first-order chi connectivity index (χ1) is 6.45. The molecule has 1 atom stereocenters. The zero-order valence-corrected chi connectivity index (χ0v) is 6.80. The molecule has 0 aromatic heterocycles. The van der Waals surface area contributed by atoms with E-state index in [1.807, 2.05) is 0 Å². The summed E-state index contributed by atoms with van der Waals surface area (Å²) in [6.07, 6.45) is 0. The summed E-state index contributed by atoms with van der Waals surface area (Å²) in [6.45, 7) is 0. The Labute approximate surface area is 77.0 Å². The summed E-state index contributed by atoms with van der Waals surface area (Å²) in [5, 5.41) is 8.41. The van der Waals surface area contributed by atoms with Gasteiger partial charge in [-0.25, -0.2) is 13.2 Å². The number of carboxylic acids is 1. The van der Waals surface area contributed by atoms with Crippen LogP contribution in [0.4, 0.5) is 13.2 Å². The van der Waals surface area contributed by atoms with Crippen LogP contribution in [0, 0.1) is 17.5 Å². The van der Waals surface area contributed by atoms with E-state index >= 15 is 0 Å². The van der Waals surface area contributed by atoms with Crippen LogP contribution in [0.5, 0.6) is 0 Å². The first-order valence-electron chi connectivity index (χ1n) is 3.57. The first-order valence-corrected chi connectivity index (χ1v) is 3.57. The van der Waals surface area contributed by atoms with Gasteiger partial charge in [-0.3, -0.25) is 4.79 Å². The Hall–Kier alpha value is -1.56. The van der Waals surface area contributed by atoms with E-state index in [2.05, 4.69) is 0 Å². The van der Waals surface area contributed by atoms with Crippen molar-refractivity contribution in [3.63, 3.8) is 0 Å². The second-order valence-corrected chi connectivity index (χ2v) is 2.58. The van der Waals surface area contributed by atoms with Crippen LogP contribution in [0.25, 0.3) is 0 Å². The molecule has 1 rings (SSSR count). The molecule has 0 bridgehead atoms. The summed E-state index contributed by atoms with van der Waals surface area (Å²) < 4.78 is 38.0. The molecule has 3 nitrogen and oxygen atoms in total. The summed E-state index contributed by atoms with van der Waals surface area (Å²) in [7, 11) is 0. The van der Waals surface area contributed by atoms with Gasteiger partial charge in [0.05, 0.1) is 0 Å². The van der Waals surface area contributed by atoms with Gasteiger partial charge in [-0.05, 0) is 6.07 Å². The van der Waals surface area contributed by atoms with Crippen molar-refractivity contribution in [2.45, 2.75) is 6.04 Å². The van der Waals surface area contributed by atoms with Gasteiger partial charge in [0.2, 0.25) is 0 Å². The molecular formula is C8H6F3NO2. The molecule has 0 saturated heterocycles. The highest BCUT2D eigenvalue weighted by Gasteiger charge is 2.22. The monoisotopic (exact) mass is 205 g/mol. The molecule has 0 radical (unpaired) electrons. The van der Waals surface area contributed by atoms with Crippen molar-refractivity contribution < 1.29 is 23.1 Å². The normalized spacial score (nSPS) is 12.6. The number of hydrogen-bond acceptors (Lipinski definition) is 2. The smallest absolute Gasteiger partial charge is 0.325 e. The average molecular weight is 205 g/mol. The van der Waals surface area contributed by atoms with E-state index in [1.54, 1.807) is 0 Å². The molecule has 76 valence electrons. The molecule has 0 aliphatic carbocycles. The van der Waals surface area contributed by atoms with Gasteiger partial charge in [0.15, 0.2) is 17.5 Å². The summed E-state index contributed by atoms with van der Waals surface area (Å²) >= 11 is 0. The van der Waals surface area contributed by atoms with Crippen molar-refractivity contribution in [2.75, 3.05) is 0 Å². The zero-order chi connectivity index (χ0) is 10.9. The summed E-state index contributed by atoms with van der Waals surface area (Å²) in [5.41, 5.74) is 4.44. The lowest BCUT2D eigenvalue weighted by molar-refractivity contribution is -0.138. The summed E-state index contributed by atoms with van der Waals surface area (Å²) in [5.74, 6) is -6.20. The van der Waals surface area contributed by atoms with E-state index in [0.29, 0.717) is 6.07 Å². The lowest BCUT2D eigenvalue weighted by Crippen LogP contribution is -2.22. The molecule has 14 heavy (non-hydrogen) atoms. The van der Waals surface area contributed by atoms with Crippen LogP contribution in [-0.2, 0) is 4.79 Å². The van der Waals surface area contributed by atoms with E-state index in [9.17, 15) is 18.0 Å². The lowest BCUT2D eigenvalue weighted by Gasteiger charge is -2.08. The van der Waals surface area contributed by atoms with Crippen LogP contribution in [0.2, 0.25) is 0 Å². The van der Waals surface area contributed by atoms with Crippen LogP contribution in [0.3, 0.4) is 0 Å². The quantitative estimate of drug-likeness (QED) is 0.713. The molecule has 0 amide bonds. The maximum absolute atomic E-state index is 12.9. The Morgan fingerprint density at radius 1 is 1.29 bits per heavy atom. The standard InChI is InChI=1S/C8H6F3NO2/c9-4-2-1-3(5(10)6(4)11)7(12)8(13)14/h1-2,7H,12H2,(H,13,14)/t7-/m0/s1. The molecule has 0 aliphatic heterocycles. The predicted octanol–water partition coefficient (Wildman–Crippen LogP) is 1.19. The number of benzene rings is 1. The van der Waals surface area contributed by atoms with Crippen LogP contribution < -0.4 is 5.73 Å². The van der Waals surface area contributed by atoms with Crippen LogP contribution in [-0.4, -0.2) is 11.1 Å². The fraction of sp³-hybridized carbons (Fsp3) is 0.125. The molecule has 3 N–H and O–H groups in total. The lowest BCUT2D eigenvalue weighted by atomic mass is 10.1. The molecule has 0 unspecified atom stereocenters. The fourth-order valence-corrected chi connectivity index (χ4v) is 0.914. The third-order valence-electron chi connectivity index (χ3n) is 1.67. The Kier molecular flexibility index (Phi) is 2.76. The summed E-state index contributed by atoms with van der Waals surface area (Å²) in [6, 6.07) is -0.284. The second-order valence-electron chi connectivity index (χ2n) is 2.58. The Morgan fingerprint density at radius 3 is 2.36 bits per heavy atom. The summed E-state index contributed by atoms with van der Waals surface area (Å²) in [4.78, 5) is 10.3. The third kappa shape index (κ3) is 1.69. The Bertz CT molecular complexity index is 381. The van der Waals surface area contributed by atoms with Crippen molar-refractivity contribution >= 4 is 5.97 Å². The number of nitrogens with two attached hydrogens (primary N) is 1. The number of halogens is 3. The number of aliphatic carboxylic acids is 1. The highest BCUT2D eigenvalue weighted by atomic mass is 19.2. The van der Waals surface area contributed by atoms with Gasteiger partial charge in [-0.2, -0.15) is 0 Å². The molecule has 0 heterocycles. The average Bonchev–Trinajstić information content (AvgIpc) is 2.13. The van der Waals surface area contributed by atoms with E-state index in [0.717, 1.165) is 6.07 Å². The van der Waals surface area contributed by atoms with Gasteiger partial charge < -0.3 is 10.8 Å². The van der Waals surface area contributed by atoms with Crippen molar-refractivity contribution in [2.24, 2.45) is 5.73 Å². The number of carbonyl (C=O) groups is 1. The van der Waals surface area contributed by atoms with E-state index < -0.39 is 35.0 Å². The Morgan fingerprint density at radius 2 is 1.86 bits per heavy atom. The van der Waals surface area contributed by atoms with Gasteiger partial charge in [0, 0.05) is 5.56 Å². The van der Waals surface area contributed by atoms with Crippen LogP contribution in [0.1, 0.15) is 11.6 Å². The predicted molar refractivity (Wildman–Crippen MR) is 40.9 cm³/mol. The van der Waals surface area contributed by atoms with E-state index in [1.165, 1.54) is 0 Å². The molecule has 0 spiro atoms. The van der Waals surface area contributed by atoms with Gasteiger partial charge in [-0.1, -0.05) is 6.07 Å². The molecule has 0 saturated carbocycles. The second kappa shape index (κ2) is 3.67. The third-order valence-corrected chi connectivity index (χ3v) is 1.67. The number of rotatable bonds is 2. The van der Waals surface area contributed by atoms with E-state index in [4.69, 9.17) is 10.8 Å². The highest BCUT2D eigenvalue weighted by molar-refractivity contribution is 5.75. The van der Waals surface area contributed by atoms with Gasteiger partial charge in [0.25, 0.3) is 0 Å². The van der Waals surface area contributed by atoms with Crippen LogP contribution >= 0.6 is 0 Å². The maximum atomic E-state index is 12.9. The van der Waals surface area contributed by atoms with Crippen molar-refractivity contribution in [1.29, 1.82) is 0 Å². The van der Waals surface area contributed by atoms with Crippen molar-refractivity contribution in [3.8, 4) is 0 Å². The van der Waals surface area contributed by atoms with Gasteiger partial charge in [-0.15, -0.1) is 0 Å². The van der Waals surface area contributed by atoms with Crippen molar-refractivity contribution in [1.82, 2.24) is 0 Å². The van der Waals surface area contributed by atoms with Crippen LogP contribution in [0.15, 0.2) is 12.1 Å². The fourth-order valence-electron chi connectivity index (χ4n) is 0.914. The largest absolute Gasteiger partial charge is 0.480 e. The molecule has 1 aromatic carbocycles.